The van der Waals surface area contributed by atoms with Gasteiger partial charge in [-0.3, -0.25) is 4.79 Å². The molecule has 7 heteroatoms. The zero-order valence-corrected chi connectivity index (χ0v) is 19.2. The van der Waals surface area contributed by atoms with E-state index in [-0.39, 0.29) is 11.9 Å². The van der Waals surface area contributed by atoms with Crippen LogP contribution in [0.4, 0.5) is 0 Å². The van der Waals surface area contributed by atoms with Crippen molar-refractivity contribution in [3.05, 3.63) is 70.3 Å². The molecule has 0 radical (unpaired) electrons. The lowest BCUT2D eigenvalue weighted by atomic mass is 10.0. The first-order valence-corrected chi connectivity index (χ1v) is 12.2. The topological polar surface area (TPSA) is 61.6 Å². The van der Waals surface area contributed by atoms with Crippen molar-refractivity contribution in [2.75, 3.05) is 25.7 Å². The first-order chi connectivity index (χ1) is 14.6. The van der Waals surface area contributed by atoms with Crippen LogP contribution in [0.3, 0.4) is 0 Å². The summed E-state index contributed by atoms with van der Waals surface area (Å²) in [5, 5.41) is 0. The van der Waals surface area contributed by atoms with Gasteiger partial charge in [-0.25, -0.2) is 4.98 Å². The minimum Gasteiger partial charge on any atom is -0.493 e. The summed E-state index contributed by atoms with van der Waals surface area (Å²) >= 11 is 3.28. The van der Waals surface area contributed by atoms with Gasteiger partial charge in [-0.1, -0.05) is 30.4 Å². The van der Waals surface area contributed by atoms with E-state index in [1.165, 1.54) is 23.8 Å². The molecule has 2 aromatic rings. The van der Waals surface area contributed by atoms with Crippen LogP contribution in [-0.2, 0) is 21.7 Å². The number of methoxy groups -OCH3 is 1. The number of allylic oxidation sites excluding steroid dienone is 3. The Balaban J connectivity index is 1.49. The predicted molar refractivity (Wildman–Crippen MR) is 123 cm³/mol. The van der Waals surface area contributed by atoms with Crippen molar-refractivity contribution in [2.24, 2.45) is 0 Å². The summed E-state index contributed by atoms with van der Waals surface area (Å²) in [6.45, 7) is 2.49. The van der Waals surface area contributed by atoms with Gasteiger partial charge in [-0.2, -0.15) is 0 Å². The Kier molecular flexibility index (Phi) is 8.51. The molecule has 30 heavy (non-hydrogen) atoms. The number of rotatable bonds is 10. The quantitative estimate of drug-likeness (QED) is 0.460. The highest BCUT2D eigenvalue weighted by atomic mass is 32.2. The Morgan fingerprint density at radius 3 is 2.97 bits per heavy atom. The first-order valence-electron chi connectivity index (χ1n) is 9.84. The summed E-state index contributed by atoms with van der Waals surface area (Å²) < 4.78 is 16.5. The van der Waals surface area contributed by atoms with Crippen LogP contribution in [0.15, 0.2) is 51.8 Å². The molecule has 0 bridgehead atoms. The van der Waals surface area contributed by atoms with Crippen molar-refractivity contribution in [2.45, 2.75) is 31.4 Å². The van der Waals surface area contributed by atoms with Crippen molar-refractivity contribution in [1.29, 1.82) is 0 Å². The Morgan fingerprint density at radius 1 is 1.37 bits per heavy atom. The zero-order valence-electron chi connectivity index (χ0n) is 17.6. The lowest BCUT2D eigenvalue weighted by Crippen LogP contribution is -2.04. The molecule has 1 aliphatic rings. The fourth-order valence-corrected chi connectivity index (χ4v) is 4.36. The van der Waals surface area contributed by atoms with Crippen LogP contribution in [0, 0.1) is 6.92 Å². The molecule has 1 aromatic heterocycles. The normalized spacial score (nSPS) is 15.7. The summed E-state index contributed by atoms with van der Waals surface area (Å²) in [7, 11) is 1.40. The fourth-order valence-electron chi connectivity index (χ4n) is 3.08. The van der Waals surface area contributed by atoms with E-state index in [2.05, 4.69) is 29.2 Å². The number of benzene rings is 1. The monoisotopic (exact) mass is 445 g/mol. The zero-order chi connectivity index (χ0) is 21.3. The van der Waals surface area contributed by atoms with Gasteiger partial charge in [0.05, 0.1) is 31.1 Å². The highest BCUT2D eigenvalue weighted by Gasteiger charge is 2.19. The molecule has 0 spiro atoms. The van der Waals surface area contributed by atoms with Gasteiger partial charge in [-0.05, 0) is 37.3 Å². The summed E-state index contributed by atoms with van der Waals surface area (Å²) in [5.41, 5.74) is 2.06. The van der Waals surface area contributed by atoms with Gasteiger partial charge in [0.25, 0.3) is 0 Å². The fraction of sp³-hybridized carbons (Fsp3) is 0.391. The van der Waals surface area contributed by atoms with Crippen LogP contribution in [0.5, 0.6) is 5.75 Å². The third kappa shape index (κ3) is 6.44. The number of carbonyl (C=O) groups excluding carboxylic acids is 1. The summed E-state index contributed by atoms with van der Waals surface area (Å²) in [6, 6.07) is 7.94. The van der Waals surface area contributed by atoms with E-state index in [1.54, 1.807) is 11.8 Å². The summed E-state index contributed by atoms with van der Waals surface area (Å²) in [5.74, 6) is 3.53. The highest BCUT2D eigenvalue weighted by molar-refractivity contribution is 8.02. The molecule has 5 nitrogen and oxygen atoms in total. The number of carbonyl (C=O) groups is 1. The SMILES string of the molecule is COC(=O)CSCc1cccc(OCCc2nc(C3C=CC(SC)=CC3)oc2C)c1. The third-order valence-corrected chi connectivity index (χ3v) is 6.50. The molecule has 1 aromatic carbocycles. The standard InChI is InChI=1S/C23H27NO4S2/c1-16-21(24-23(28-16)18-7-9-20(29-3)10-8-18)11-12-27-19-6-4-5-17(13-19)14-30-15-22(25)26-2/h4-7,9-10,13,18H,8,11-12,14-15H2,1-3H3. The average molecular weight is 446 g/mol. The average Bonchev–Trinajstić information content (AvgIpc) is 3.14. The molecule has 1 aliphatic carbocycles. The molecule has 0 aliphatic heterocycles. The Hall–Kier alpha value is -2.12. The molecule has 1 unspecified atom stereocenters. The number of oxazole rings is 1. The van der Waals surface area contributed by atoms with E-state index in [0.29, 0.717) is 18.8 Å². The molecular weight excluding hydrogens is 418 g/mol. The molecule has 3 rings (SSSR count). The molecule has 0 amide bonds. The molecule has 160 valence electrons. The summed E-state index contributed by atoms with van der Waals surface area (Å²) in [6.07, 6.45) is 10.2. The van der Waals surface area contributed by atoms with Crippen molar-refractivity contribution in [3.63, 3.8) is 0 Å². The van der Waals surface area contributed by atoms with Gasteiger partial charge in [0, 0.05) is 17.1 Å². The van der Waals surface area contributed by atoms with Gasteiger partial charge >= 0.3 is 5.97 Å². The maximum atomic E-state index is 11.2. The first kappa shape index (κ1) is 22.6. The molecule has 0 N–H and O–H groups in total. The number of nitrogens with zero attached hydrogens (tertiary/aromatic N) is 1. The largest absolute Gasteiger partial charge is 0.493 e. The Bertz CT molecular complexity index is 920. The highest BCUT2D eigenvalue weighted by Crippen LogP contribution is 2.30. The number of thioether (sulfide) groups is 2. The Labute approximate surface area is 186 Å². The number of aryl methyl sites for hydroxylation is 1. The van der Waals surface area contributed by atoms with Gasteiger partial charge < -0.3 is 13.9 Å². The minimum atomic E-state index is -0.209. The van der Waals surface area contributed by atoms with E-state index in [1.807, 2.05) is 31.2 Å². The van der Waals surface area contributed by atoms with Crippen LogP contribution in [-0.4, -0.2) is 36.7 Å². The van der Waals surface area contributed by atoms with Crippen molar-refractivity contribution < 1.29 is 18.7 Å². The van der Waals surface area contributed by atoms with Gasteiger partial charge in [0.15, 0.2) is 0 Å². The van der Waals surface area contributed by atoms with Crippen molar-refractivity contribution in [1.82, 2.24) is 4.98 Å². The summed E-state index contributed by atoms with van der Waals surface area (Å²) in [4.78, 5) is 17.2. The van der Waals surface area contributed by atoms with E-state index in [9.17, 15) is 4.79 Å². The molecular formula is C23H27NO4S2. The second kappa shape index (κ2) is 11.3. The van der Waals surface area contributed by atoms with E-state index in [4.69, 9.17) is 14.1 Å². The van der Waals surface area contributed by atoms with E-state index < -0.39 is 0 Å². The molecule has 0 saturated carbocycles. The number of ether oxygens (including phenoxy) is 2. The minimum absolute atomic E-state index is 0.202. The number of hydrogen-bond donors (Lipinski definition) is 0. The molecule has 0 fully saturated rings. The Morgan fingerprint density at radius 2 is 2.23 bits per heavy atom. The maximum Gasteiger partial charge on any atom is 0.315 e. The van der Waals surface area contributed by atoms with E-state index >= 15 is 0 Å². The van der Waals surface area contributed by atoms with Crippen molar-refractivity contribution in [3.8, 4) is 5.75 Å². The third-order valence-electron chi connectivity index (χ3n) is 4.75. The van der Waals surface area contributed by atoms with Gasteiger partial charge in [0.1, 0.15) is 11.5 Å². The molecule has 1 heterocycles. The second-order valence-corrected chi connectivity index (χ2v) is 8.75. The smallest absolute Gasteiger partial charge is 0.315 e. The number of hydrogen-bond acceptors (Lipinski definition) is 7. The lowest BCUT2D eigenvalue weighted by Gasteiger charge is -2.11. The van der Waals surface area contributed by atoms with Crippen LogP contribution in [0.2, 0.25) is 0 Å². The second-order valence-electron chi connectivity index (χ2n) is 6.88. The van der Waals surface area contributed by atoms with Crippen LogP contribution in [0.25, 0.3) is 0 Å². The van der Waals surface area contributed by atoms with Crippen LogP contribution < -0.4 is 4.74 Å². The van der Waals surface area contributed by atoms with Crippen molar-refractivity contribution >= 4 is 29.5 Å². The van der Waals surface area contributed by atoms with Crippen LogP contribution in [0.1, 0.15) is 35.2 Å². The maximum absolute atomic E-state index is 11.2. The number of esters is 1. The molecule has 0 saturated heterocycles. The lowest BCUT2D eigenvalue weighted by molar-refractivity contribution is -0.137. The van der Waals surface area contributed by atoms with Gasteiger partial charge in [-0.15, -0.1) is 23.5 Å². The molecule has 1 atom stereocenters. The van der Waals surface area contributed by atoms with E-state index in [0.717, 1.165) is 40.8 Å². The van der Waals surface area contributed by atoms with Crippen LogP contribution >= 0.6 is 23.5 Å². The predicted octanol–water partition coefficient (Wildman–Crippen LogP) is 5.30. The number of aromatic nitrogens is 1. The van der Waals surface area contributed by atoms with Gasteiger partial charge in [0.2, 0.25) is 5.89 Å².